The number of thioether (sulfide) groups is 1. The number of aryl methyl sites for hydroxylation is 1. The average molecular weight is 602 g/mol. The van der Waals surface area contributed by atoms with Crippen molar-refractivity contribution in [2.24, 2.45) is 0 Å². The molecule has 0 radical (unpaired) electrons. The molecule has 2 aliphatic rings. The lowest BCUT2D eigenvalue weighted by Gasteiger charge is -2.35. The predicted molar refractivity (Wildman–Crippen MR) is 156 cm³/mol. The highest BCUT2D eigenvalue weighted by Crippen LogP contribution is 2.59. The van der Waals surface area contributed by atoms with Gasteiger partial charge in [0.15, 0.2) is 20.9 Å². The molecule has 0 spiro atoms. The number of esters is 1. The highest BCUT2D eigenvalue weighted by atomic mass is 35.5. The zero-order valence-electron chi connectivity index (χ0n) is 21.3. The third-order valence-corrected chi connectivity index (χ3v) is 11.5. The van der Waals surface area contributed by atoms with Crippen LogP contribution < -0.4 is 0 Å². The molecule has 39 heavy (non-hydrogen) atoms. The zero-order valence-corrected chi connectivity index (χ0v) is 24.4. The number of sulfone groups is 1. The number of hydrogen-bond donors (Lipinski definition) is 0. The summed E-state index contributed by atoms with van der Waals surface area (Å²) in [7, 11) is -4.37. The summed E-state index contributed by atoms with van der Waals surface area (Å²) in [6, 6.07) is 21.0. The molecule has 0 aromatic heterocycles. The Hall–Kier alpha value is -2.58. The van der Waals surface area contributed by atoms with Crippen LogP contribution in [0.3, 0.4) is 0 Å². The first kappa shape index (κ1) is 28.0. The number of carbonyl (C=O) groups excluding carboxylic acids is 2. The number of benzene rings is 3. The van der Waals surface area contributed by atoms with Crippen molar-refractivity contribution in [3.05, 3.63) is 116 Å². The summed E-state index contributed by atoms with van der Waals surface area (Å²) in [5.74, 6) is -2.21. The molecule has 0 saturated heterocycles. The molecule has 0 bridgehead atoms. The first-order valence-corrected chi connectivity index (χ1v) is 15.8. The van der Waals surface area contributed by atoms with Gasteiger partial charge in [-0.05, 0) is 78.3 Å². The van der Waals surface area contributed by atoms with E-state index in [-0.39, 0.29) is 17.4 Å². The molecule has 9 heteroatoms. The van der Waals surface area contributed by atoms with Gasteiger partial charge < -0.3 is 4.74 Å². The van der Waals surface area contributed by atoms with Gasteiger partial charge in [-0.15, -0.1) is 11.8 Å². The van der Waals surface area contributed by atoms with Crippen LogP contribution in [-0.4, -0.2) is 37.3 Å². The highest BCUT2D eigenvalue weighted by Gasteiger charge is 2.57. The highest BCUT2D eigenvalue weighted by molar-refractivity contribution is 8.04. The number of hydrogen-bond acceptors (Lipinski definition) is 6. The van der Waals surface area contributed by atoms with E-state index < -0.39 is 38.0 Å². The summed E-state index contributed by atoms with van der Waals surface area (Å²) in [6.45, 7) is 3.60. The van der Waals surface area contributed by atoms with Crippen LogP contribution in [0.2, 0.25) is 10.0 Å². The third kappa shape index (κ3) is 5.30. The molecule has 0 fully saturated rings. The Morgan fingerprint density at radius 3 is 2.05 bits per heavy atom. The number of ketones is 1. The number of ether oxygens (including phenoxy) is 1. The standard InChI is InChI=1S/C30H26Cl2O5S2/c1-3-37-30(34)29-25(19-6-4-17(2)5-7-19)27-23(16-24(38-27)18-8-12-21(31)13-9-18)28(39(29,35)36)26(33)20-10-14-22(32)15-11-20/h4-15,24-25,28-29H,3,16H2,1-2H3/t24-,25-,28-,29-/m1/s1. The van der Waals surface area contributed by atoms with Gasteiger partial charge in [0.2, 0.25) is 0 Å². The molecular weight excluding hydrogens is 575 g/mol. The van der Waals surface area contributed by atoms with Crippen LogP contribution in [0.25, 0.3) is 0 Å². The van der Waals surface area contributed by atoms with E-state index in [1.807, 2.05) is 43.3 Å². The van der Waals surface area contributed by atoms with Gasteiger partial charge in [-0.25, -0.2) is 8.42 Å². The van der Waals surface area contributed by atoms with E-state index in [0.717, 1.165) is 16.0 Å². The zero-order chi connectivity index (χ0) is 27.9. The Balaban J connectivity index is 1.71. The van der Waals surface area contributed by atoms with Crippen LogP contribution in [0.15, 0.2) is 83.3 Å². The fourth-order valence-electron chi connectivity index (χ4n) is 5.28. The van der Waals surface area contributed by atoms with Gasteiger partial charge in [0.25, 0.3) is 0 Å². The van der Waals surface area contributed by atoms with Gasteiger partial charge in [0.1, 0.15) is 5.25 Å². The normalized spacial score (nSPS) is 23.8. The van der Waals surface area contributed by atoms with Crippen molar-refractivity contribution in [3.63, 3.8) is 0 Å². The third-order valence-electron chi connectivity index (χ3n) is 7.14. The molecule has 0 saturated carbocycles. The van der Waals surface area contributed by atoms with Crippen molar-refractivity contribution >= 4 is 56.6 Å². The van der Waals surface area contributed by atoms with Gasteiger partial charge in [0, 0.05) is 26.8 Å². The molecule has 5 nitrogen and oxygen atoms in total. The van der Waals surface area contributed by atoms with E-state index in [1.54, 1.807) is 31.2 Å². The summed E-state index contributed by atoms with van der Waals surface area (Å²) in [5.41, 5.74) is 3.41. The lowest BCUT2D eigenvalue weighted by molar-refractivity contribution is -0.142. The molecule has 0 aliphatic carbocycles. The number of halogens is 2. The van der Waals surface area contributed by atoms with Crippen LogP contribution in [-0.2, 0) is 19.4 Å². The summed E-state index contributed by atoms with van der Waals surface area (Å²) >= 11 is 13.7. The Kier molecular flexibility index (Phi) is 7.98. The minimum atomic E-state index is -4.37. The van der Waals surface area contributed by atoms with Gasteiger partial charge in [-0.2, -0.15) is 0 Å². The fraction of sp³-hybridized carbons (Fsp3) is 0.267. The van der Waals surface area contributed by atoms with Crippen LogP contribution in [0.1, 0.15) is 51.6 Å². The molecule has 2 aliphatic heterocycles. The molecule has 3 aromatic rings. The van der Waals surface area contributed by atoms with Crippen LogP contribution in [0, 0.1) is 6.92 Å². The summed E-state index contributed by atoms with van der Waals surface area (Å²) in [5, 5.41) is -2.18. The lowest BCUT2D eigenvalue weighted by Crippen LogP contribution is -2.49. The van der Waals surface area contributed by atoms with E-state index in [9.17, 15) is 18.0 Å². The van der Waals surface area contributed by atoms with Gasteiger partial charge in [0.05, 0.1) is 6.61 Å². The molecule has 2 heterocycles. The molecule has 0 N–H and O–H groups in total. The van der Waals surface area contributed by atoms with Gasteiger partial charge in [-0.3, -0.25) is 9.59 Å². The van der Waals surface area contributed by atoms with Gasteiger partial charge in [-0.1, -0.05) is 65.2 Å². The van der Waals surface area contributed by atoms with Crippen molar-refractivity contribution in [2.75, 3.05) is 6.61 Å². The molecule has 0 unspecified atom stereocenters. The maximum Gasteiger partial charge on any atom is 0.325 e. The molecule has 202 valence electrons. The number of rotatable bonds is 6. The van der Waals surface area contributed by atoms with E-state index in [4.69, 9.17) is 27.9 Å². The van der Waals surface area contributed by atoms with Crippen molar-refractivity contribution < 1.29 is 22.7 Å². The fourth-order valence-corrected chi connectivity index (χ4v) is 9.69. The monoisotopic (exact) mass is 600 g/mol. The SMILES string of the molecule is CCOC(=O)[C@H]1[C@H](c2ccc(C)cc2)C2=C(C[C@H](c3ccc(Cl)cc3)S2)[C@H](C(=O)c2ccc(Cl)cc2)S1(=O)=O. The average Bonchev–Trinajstić information content (AvgIpc) is 3.33. The maximum atomic E-state index is 14.4. The Bertz CT molecular complexity index is 1550. The minimum absolute atomic E-state index is 0.0215. The van der Waals surface area contributed by atoms with Gasteiger partial charge >= 0.3 is 5.97 Å². The second kappa shape index (κ2) is 11.1. The number of carbonyl (C=O) groups is 2. The Labute approximate surface area is 242 Å². The van der Waals surface area contributed by atoms with Crippen LogP contribution in [0.4, 0.5) is 0 Å². The first-order chi connectivity index (χ1) is 18.6. The van der Waals surface area contributed by atoms with Crippen LogP contribution >= 0.6 is 35.0 Å². The smallest absolute Gasteiger partial charge is 0.325 e. The van der Waals surface area contributed by atoms with E-state index in [2.05, 4.69) is 0 Å². The quantitative estimate of drug-likeness (QED) is 0.221. The second-order valence-corrected chi connectivity index (χ2v) is 13.9. The molecule has 4 atom stereocenters. The molecule has 3 aromatic carbocycles. The second-order valence-electron chi connectivity index (χ2n) is 9.65. The largest absolute Gasteiger partial charge is 0.465 e. The van der Waals surface area contributed by atoms with Crippen molar-refractivity contribution in [3.8, 4) is 0 Å². The van der Waals surface area contributed by atoms with Crippen molar-refractivity contribution in [1.82, 2.24) is 0 Å². The number of allylic oxidation sites excluding steroid dienone is 1. The van der Waals surface area contributed by atoms with Crippen LogP contribution in [0.5, 0.6) is 0 Å². The number of Topliss-reactive ketones (excluding diaryl/α,β-unsaturated/α-hetero) is 1. The van der Waals surface area contributed by atoms with Crippen molar-refractivity contribution in [2.45, 2.75) is 41.9 Å². The summed E-state index contributed by atoms with van der Waals surface area (Å²) in [4.78, 5) is 28.1. The molecule has 0 amide bonds. The topological polar surface area (TPSA) is 77.5 Å². The van der Waals surface area contributed by atoms with Crippen molar-refractivity contribution in [1.29, 1.82) is 0 Å². The van der Waals surface area contributed by atoms with E-state index >= 15 is 0 Å². The first-order valence-electron chi connectivity index (χ1n) is 12.5. The summed E-state index contributed by atoms with van der Waals surface area (Å²) < 4.78 is 34.1. The maximum absolute atomic E-state index is 14.4. The predicted octanol–water partition coefficient (Wildman–Crippen LogP) is 7.13. The minimum Gasteiger partial charge on any atom is -0.465 e. The van der Waals surface area contributed by atoms with E-state index in [0.29, 0.717) is 27.6 Å². The molecule has 5 rings (SSSR count). The lowest BCUT2D eigenvalue weighted by atomic mass is 9.87. The summed E-state index contributed by atoms with van der Waals surface area (Å²) in [6.07, 6.45) is 0.350. The Morgan fingerprint density at radius 1 is 0.897 bits per heavy atom. The van der Waals surface area contributed by atoms with E-state index in [1.165, 1.54) is 23.9 Å². The Morgan fingerprint density at radius 2 is 1.46 bits per heavy atom. The molecular formula is C30H26Cl2O5S2.